The van der Waals surface area contributed by atoms with Crippen molar-refractivity contribution in [3.8, 4) is 22.9 Å². The summed E-state index contributed by atoms with van der Waals surface area (Å²) in [6.45, 7) is 3.06. The quantitative estimate of drug-likeness (QED) is 0.189. The Morgan fingerprint density at radius 3 is 2.08 bits per heavy atom. The number of methoxy groups -OCH3 is 2. The number of rotatable bonds is 13. The molecule has 0 radical (unpaired) electrons. The van der Waals surface area contributed by atoms with E-state index in [1.807, 2.05) is 72.8 Å². The summed E-state index contributed by atoms with van der Waals surface area (Å²) in [7, 11) is 3.25. The minimum atomic E-state index is -0.338. The van der Waals surface area contributed by atoms with E-state index in [9.17, 15) is 0 Å². The summed E-state index contributed by atoms with van der Waals surface area (Å²) < 4.78 is 28.7. The predicted octanol–water partition coefficient (Wildman–Crippen LogP) is 6.12. The normalized spacial score (nSPS) is 15.0. The third kappa shape index (κ3) is 7.39. The summed E-state index contributed by atoms with van der Waals surface area (Å²) >= 11 is 0. The van der Waals surface area contributed by atoms with Crippen LogP contribution in [-0.4, -0.2) is 51.3 Å². The second-order valence-electron chi connectivity index (χ2n) is 9.69. The summed E-state index contributed by atoms with van der Waals surface area (Å²) in [5.41, 5.74) is 5.27. The molecule has 2 heterocycles. The molecule has 1 aromatic heterocycles. The monoisotopic (exact) mass is 540 g/mol. The van der Waals surface area contributed by atoms with Crippen LogP contribution in [-0.2, 0) is 27.4 Å². The molecule has 0 spiro atoms. The fourth-order valence-electron chi connectivity index (χ4n) is 4.69. The largest absolute Gasteiger partial charge is 0.473 e. The molecule has 0 bridgehead atoms. The Labute approximate surface area is 236 Å². The first-order valence-electron chi connectivity index (χ1n) is 13.6. The summed E-state index contributed by atoms with van der Waals surface area (Å²) in [4.78, 5) is 7.09. The molecular formula is C33H36N2O5. The lowest BCUT2D eigenvalue weighted by atomic mass is 10.1. The number of hydrogen-bond donors (Lipinski definition) is 0. The first-order valence-corrected chi connectivity index (χ1v) is 13.6. The summed E-state index contributed by atoms with van der Waals surface area (Å²) in [5.74, 6) is 1.07. The van der Waals surface area contributed by atoms with E-state index in [1.165, 1.54) is 0 Å². The molecule has 7 nitrogen and oxygen atoms in total. The van der Waals surface area contributed by atoms with Gasteiger partial charge in [-0.05, 0) is 41.3 Å². The minimum absolute atomic E-state index is 0.151. The van der Waals surface area contributed by atoms with E-state index in [-0.39, 0.29) is 12.4 Å². The van der Waals surface area contributed by atoms with Crippen molar-refractivity contribution in [2.75, 3.05) is 38.8 Å². The molecule has 7 heteroatoms. The predicted molar refractivity (Wildman–Crippen MR) is 156 cm³/mol. The first kappa shape index (κ1) is 27.6. The van der Waals surface area contributed by atoms with Crippen molar-refractivity contribution in [1.29, 1.82) is 0 Å². The molecule has 1 saturated heterocycles. The van der Waals surface area contributed by atoms with Crippen molar-refractivity contribution in [3.05, 3.63) is 108 Å². The maximum atomic E-state index is 6.24. The highest BCUT2D eigenvalue weighted by Crippen LogP contribution is 2.33. The molecule has 40 heavy (non-hydrogen) atoms. The molecule has 3 aromatic carbocycles. The molecule has 0 saturated carbocycles. The Morgan fingerprint density at radius 2 is 1.43 bits per heavy atom. The summed E-state index contributed by atoms with van der Waals surface area (Å²) in [6, 6.07) is 32.6. The van der Waals surface area contributed by atoms with Gasteiger partial charge in [0.1, 0.15) is 13.2 Å². The standard InChI is InChI=1S/C33H36N2O5/c1-36-32(37-2)24-38-29-19-20-35(21-29)28-15-13-27(14-16-28)30-17-18-31(39-22-25-9-5-3-6-10-25)34-33(30)40-23-26-11-7-4-8-12-26/h3-18,29,32H,19-24H2,1-2H3/t29-/m1/s1. The van der Waals surface area contributed by atoms with E-state index in [1.54, 1.807) is 14.2 Å². The van der Waals surface area contributed by atoms with Gasteiger partial charge in [-0.2, -0.15) is 4.98 Å². The fraction of sp³-hybridized carbons (Fsp3) is 0.303. The van der Waals surface area contributed by atoms with Crippen LogP contribution in [0.1, 0.15) is 17.5 Å². The van der Waals surface area contributed by atoms with Gasteiger partial charge < -0.3 is 28.6 Å². The zero-order valence-electron chi connectivity index (χ0n) is 23.1. The lowest BCUT2D eigenvalue weighted by Crippen LogP contribution is -2.27. The minimum Gasteiger partial charge on any atom is -0.473 e. The Bertz CT molecular complexity index is 1310. The second-order valence-corrected chi connectivity index (χ2v) is 9.69. The molecule has 1 fully saturated rings. The molecule has 1 aliphatic heterocycles. The zero-order valence-corrected chi connectivity index (χ0v) is 23.1. The second kappa shape index (κ2) is 13.9. The topological polar surface area (TPSA) is 62.3 Å². The lowest BCUT2D eigenvalue weighted by molar-refractivity contribution is -0.149. The Kier molecular flexibility index (Phi) is 9.63. The van der Waals surface area contributed by atoms with E-state index in [0.717, 1.165) is 47.5 Å². The third-order valence-corrected chi connectivity index (χ3v) is 6.96. The van der Waals surface area contributed by atoms with Crippen LogP contribution in [0.25, 0.3) is 11.1 Å². The van der Waals surface area contributed by atoms with Crippen LogP contribution in [0.3, 0.4) is 0 Å². The first-order chi connectivity index (χ1) is 19.7. The van der Waals surface area contributed by atoms with Crippen LogP contribution in [0.4, 0.5) is 5.69 Å². The van der Waals surface area contributed by atoms with Gasteiger partial charge in [0.25, 0.3) is 0 Å². The van der Waals surface area contributed by atoms with Crippen molar-refractivity contribution in [1.82, 2.24) is 4.98 Å². The van der Waals surface area contributed by atoms with Crippen molar-refractivity contribution in [2.24, 2.45) is 0 Å². The Hall–Kier alpha value is -3.91. The van der Waals surface area contributed by atoms with Crippen molar-refractivity contribution >= 4 is 5.69 Å². The summed E-state index contributed by atoms with van der Waals surface area (Å²) in [5, 5.41) is 0. The molecule has 1 aliphatic rings. The van der Waals surface area contributed by atoms with Gasteiger partial charge in [0.15, 0.2) is 6.29 Å². The van der Waals surface area contributed by atoms with Crippen LogP contribution < -0.4 is 14.4 Å². The number of anilines is 1. The van der Waals surface area contributed by atoms with Crippen molar-refractivity contribution in [3.63, 3.8) is 0 Å². The molecule has 4 aromatic rings. The number of nitrogens with zero attached hydrogens (tertiary/aromatic N) is 2. The van der Waals surface area contributed by atoms with Gasteiger partial charge in [-0.15, -0.1) is 0 Å². The SMILES string of the molecule is COC(CO[C@@H]1CCN(c2ccc(-c3ccc(OCc4ccccc4)nc3OCc3ccccc3)cc2)C1)OC. The van der Waals surface area contributed by atoms with E-state index >= 15 is 0 Å². The molecule has 208 valence electrons. The molecule has 0 amide bonds. The molecule has 0 unspecified atom stereocenters. The van der Waals surface area contributed by atoms with Crippen LogP contribution in [0.2, 0.25) is 0 Å². The van der Waals surface area contributed by atoms with Crippen molar-refractivity contribution < 1.29 is 23.7 Å². The lowest BCUT2D eigenvalue weighted by Gasteiger charge is -2.20. The molecular weight excluding hydrogens is 504 g/mol. The van der Waals surface area contributed by atoms with E-state index in [0.29, 0.717) is 31.6 Å². The Balaban J connectivity index is 1.28. The van der Waals surface area contributed by atoms with Crippen LogP contribution >= 0.6 is 0 Å². The van der Waals surface area contributed by atoms with Crippen LogP contribution in [0, 0.1) is 0 Å². The average molecular weight is 541 g/mol. The molecule has 5 rings (SSSR count). The van der Waals surface area contributed by atoms with Crippen LogP contribution in [0.15, 0.2) is 97.1 Å². The van der Waals surface area contributed by atoms with Gasteiger partial charge in [-0.25, -0.2) is 0 Å². The maximum absolute atomic E-state index is 6.24. The number of benzene rings is 3. The smallest absolute Gasteiger partial charge is 0.225 e. The van der Waals surface area contributed by atoms with Gasteiger partial charge in [-0.3, -0.25) is 0 Å². The molecule has 0 N–H and O–H groups in total. The third-order valence-electron chi connectivity index (χ3n) is 6.96. The van der Waals surface area contributed by atoms with E-state index in [4.69, 9.17) is 28.7 Å². The average Bonchev–Trinajstić information content (AvgIpc) is 3.50. The number of hydrogen-bond acceptors (Lipinski definition) is 7. The van der Waals surface area contributed by atoms with Gasteiger partial charge in [0.05, 0.1) is 12.7 Å². The van der Waals surface area contributed by atoms with Gasteiger partial charge in [0, 0.05) is 44.6 Å². The zero-order chi connectivity index (χ0) is 27.6. The number of aromatic nitrogens is 1. The maximum Gasteiger partial charge on any atom is 0.225 e. The number of ether oxygens (including phenoxy) is 5. The summed E-state index contributed by atoms with van der Waals surface area (Å²) in [6.07, 6.45) is 0.779. The Morgan fingerprint density at radius 1 is 0.775 bits per heavy atom. The van der Waals surface area contributed by atoms with Crippen LogP contribution in [0.5, 0.6) is 11.8 Å². The highest BCUT2D eigenvalue weighted by Gasteiger charge is 2.24. The fourth-order valence-corrected chi connectivity index (χ4v) is 4.69. The number of pyridine rings is 1. The molecule has 0 aliphatic carbocycles. The van der Waals surface area contributed by atoms with Gasteiger partial charge in [-0.1, -0.05) is 72.8 Å². The van der Waals surface area contributed by atoms with Gasteiger partial charge >= 0.3 is 0 Å². The van der Waals surface area contributed by atoms with E-state index < -0.39 is 0 Å². The molecule has 1 atom stereocenters. The van der Waals surface area contributed by atoms with E-state index in [2.05, 4.69) is 29.2 Å². The van der Waals surface area contributed by atoms with Gasteiger partial charge in [0.2, 0.25) is 11.8 Å². The van der Waals surface area contributed by atoms with Crippen molar-refractivity contribution in [2.45, 2.75) is 32.0 Å². The highest BCUT2D eigenvalue weighted by molar-refractivity contribution is 5.71. The highest BCUT2D eigenvalue weighted by atomic mass is 16.7.